The summed E-state index contributed by atoms with van der Waals surface area (Å²) >= 11 is 0. The molecule has 1 aliphatic carbocycles. The first kappa shape index (κ1) is 25.4. The van der Waals surface area contributed by atoms with Gasteiger partial charge in [0.25, 0.3) is 11.7 Å². The van der Waals surface area contributed by atoms with Crippen LogP contribution in [-0.2, 0) is 14.4 Å². The molecular weight excluding hydrogens is 528 g/mol. The van der Waals surface area contributed by atoms with Gasteiger partial charge in [-0.3, -0.25) is 29.0 Å². The van der Waals surface area contributed by atoms with Crippen LogP contribution < -0.4 is 9.80 Å². The highest BCUT2D eigenvalue weighted by Crippen LogP contribution is 2.57. The predicted molar refractivity (Wildman–Crippen MR) is 159 cm³/mol. The maximum Gasteiger partial charge on any atom is 0.300 e. The van der Waals surface area contributed by atoms with E-state index in [1.165, 1.54) is 4.90 Å². The van der Waals surface area contributed by atoms with Crippen LogP contribution in [0.4, 0.5) is 11.4 Å². The number of nitrogens with zero attached hydrogens (tertiary/aromatic N) is 2. The van der Waals surface area contributed by atoms with E-state index in [0.29, 0.717) is 33.6 Å². The van der Waals surface area contributed by atoms with Gasteiger partial charge in [-0.1, -0.05) is 84.4 Å². The molecule has 1 saturated heterocycles. The van der Waals surface area contributed by atoms with Gasteiger partial charge in [0.2, 0.25) is 0 Å². The third-order valence-electron chi connectivity index (χ3n) is 8.21. The minimum atomic E-state index is -2.25. The van der Waals surface area contributed by atoms with Gasteiger partial charge in [0.05, 0.1) is 16.8 Å². The molecule has 204 valence electrons. The maximum atomic E-state index is 15.1. The molecule has 1 atom stereocenters. The highest BCUT2D eigenvalue weighted by Gasteiger charge is 2.71. The maximum absolute atomic E-state index is 15.1. The van der Waals surface area contributed by atoms with Gasteiger partial charge in [0.1, 0.15) is 5.76 Å². The summed E-state index contributed by atoms with van der Waals surface area (Å²) in [6, 6.07) is 29.3. The number of amides is 2. The van der Waals surface area contributed by atoms with Crippen LogP contribution in [0.2, 0.25) is 0 Å². The Morgan fingerprint density at radius 2 is 1.29 bits per heavy atom. The van der Waals surface area contributed by atoms with Crippen molar-refractivity contribution in [3.8, 4) is 0 Å². The average Bonchev–Trinajstić information content (AvgIpc) is 3.53. The largest absolute Gasteiger partial charge is 0.507 e. The molecule has 2 heterocycles. The van der Waals surface area contributed by atoms with Crippen LogP contribution in [0.15, 0.2) is 114 Å². The number of carbonyl (C=O) groups excluding carboxylic acids is 4. The lowest BCUT2D eigenvalue weighted by Crippen LogP contribution is -2.57. The summed E-state index contributed by atoms with van der Waals surface area (Å²) in [5, 5.41) is 11.9. The standard InChI is InChI=1S/C35H24N2O5/c1-20-17-18-24(21(2)19-20)30(38)28-32(40)33(41)37(23-13-7-4-8-14-23)35(28)27-29(25-15-9-10-16-26(25)31(27)39)36(34(35)42)22-11-5-3-6-12-22/h3-19,38H,1-2H3. The van der Waals surface area contributed by atoms with Gasteiger partial charge < -0.3 is 5.11 Å². The number of Topliss-reactive ketones (excluding diaryl/α,β-unsaturated/α-hetero) is 2. The van der Waals surface area contributed by atoms with E-state index in [4.69, 9.17) is 0 Å². The molecule has 1 spiro atoms. The van der Waals surface area contributed by atoms with Crippen molar-refractivity contribution >= 4 is 46.2 Å². The van der Waals surface area contributed by atoms with Crippen LogP contribution in [0.3, 0.4) is 0 Å². The number of para-hydroxylation sites is 2. The second kappa shape index (κ2) is 8.97. The monoisotopic (exact) mass is 552 g/mol. The highest BCUT2D eigenvalue weighted by atomic mass is 16.3. The van der Waals surface area contributed by atoms with Crippen molar-refractivity contribution in [3.63, 3.8) is 0 Å². The van der Waals surface area contributed by atoms with Crippen molar-refractivity contribution in [1.29, 1.82) is 0 Å². The SMILES string of the molecule is Cc1ccc(C(O)=C2C(=O)C(=O)N(c3ccccc3)C23C(=O)N(c2ccccc2)C2=C3C(=O)c3ccccc32)c(C)c1. The molecule has 0 aromatic heterocycles. The Hall–Kier alpha value is -5.56. The molecule has 0 radical (unpaired) electrons. The number of hydrogen-bond acceptors (Lipinski definition) is 5. The third kappa shape index (κ3) is 3.16. The minimum absolute atomic E-state index is 0.0353. The number of hydrogen-bond donors (Lipinski definition) is 1. The third-order valence-corrected chi connectivity index (χ3v) is 8.21. The van der Waals surface area contributed by atoms with Crippen molar-refractivity contribution in [2.75, 3.05) is 9.80 Å². The molecule has 1 fully saturated rings. The zero-order valence-electron chi connectivity index (χ0n) is 22.8. The Labute approximate surface area is 241 Å². The second-order valence-corrected chi connectivity index (χ2v) is 10.6. The van der Waals surface area contributed by atoms with Gasteiger partial charge in [-0.05, 0) is 43.7 Å². The van der Waals surface area contributed by atoms with Crippen molar-refractivity contribution in [1.82, 2.24) is 0 Å². The molecule has 0 saturated carbocycles. The number of rotatable bonds is 3. The molecular formula is C35H24N2O5. The van der Waals surface area contributed by atoms with Crippen molar-refractivity contribution < 1.29 is 24.3 Å². The molecule has 2 aliphatic heterocycles. The first-order valence-electron chi connectivity index (χ1n) is 13.5. The van der Waals surface area contributed by atoms with Crippen LogP contribution in [-0.4, -0.2) is 34.0 Å². The normalized spacial score (nSPS) is 20.6. The Balaban J connectivity index is 1.64. The fraction of sp³-hybridized carbons (Fsp3) is 0.0857. The molecule has 0 bridgehead atoms. The second-order valence-electron chi connectivity index (χ2n) is 10.6. The van der Waals surface area contributed by atoms with E-state index in [9.17, 15) is 19.5 Å². The Bertz CT molecular complexity index is 1940. The topological polar surface area (TPSA) is 95.0 Å². The van der Waals surface area contributed by atoms with E-state index in [0.717, 1.165) is 10.5 Å². The Morgan fingerprint density at radius 3 is 1.93 bits per heavy atom. The summed E-state index contributed by atoms with van der Waals surface area (Å²) in [5.74, 6) is -3.75. The predicted octanol–water partition coefficient (Wildman–Crippen LogP) is 5.58. The summed E-state index contributed by atoms with van der Waals surface area (Å²) in [5.41, 5.74) is 1.02. The molecule has 2 amide bonds. The van der Waals surface area contributed by atoms with E-state index >= 15 is 4.79 Å². The van der Waals surface area contributed by atoms with Crippen LogP contribution in [0.25, 0.3) is 11.5 Å². The Kier molecular flexibility index (Phi) is 5.43. The van der Waals surface area contributed by atoms with E-state index in [-0.39, 0.29) is 11.3 Å². The molecule has 7 heteroatoms. The van der Waals surface area contributed by atoms with Crippen LogP contribution in [0.5, 0.6) is 0 Å². The number of aryl methyl sites for hydroxylation is 2. The molecule has 1 unspecified atom stereocenters. The Morgan fingerprint density at radius 1 is 0.690 bits per heavy atom. The van der Waals surface area contributed by atoms with Crippen LogP contribution in [0.1, 0.15) is 32.6 Å². The fourth-order valence-electron chi connectivity index (χ4n) is 6.48. The number of benzene rings is 4. The summed E-state index contributed by atoms with van der Waals surface area (Å²) in [7, 11) is 0. The van der Waals surface area contributed by atoms with Crippen LogP contribution >= 0.6 is 0 Å². The number of carbonyl (C=O) groups is 4. The number of anilines is 2. The minimum Gasteiger partial charge on any atom is -0.507 e. The van der Waals surface area contributed by atoms with E-state index in [1.807, 2.05) is 13.0 Å². The lowest BCUT2D eigenvalue weighted by Gasteiger charge is -2.36. The molecule has 42 heavy (non-hydrogen) atoms. The van der Waals surface area contributed by atoms with Crippen LogP contribution in [0, 0.1) is 13.8 Å². The van der Waals surface area contributed by atoms with Crippen molar-refractivity contribution in [2.45, 2.75) is 19.4 Å². The van der Waals surface area contributed by atoms with Gasteiger partial charge in [-0.2, -0.15) is 0 Å². The molecule has 7 rings (SSSR count). The van der Waals surface area contributed by atoms with E-state index in [1.54, 1.807) is 104 Å². The average molecular weight is 553 g/mol. The molecule has 7 nitrogen and oxygen atoms in total. The molecule has 1 N–H and O–H groups in total. The highest BCUT2D eigenvalue weighted by molar-refractivity contribution is 6.58. The van der Waals surface area contributed by atoms with E-state index in [2.05, 4.69) is 0 Å². The van der Waals surface area contributed by atoms with Crippen molar-refractivity contribution in [2.24, 2.45) is 0 Å². The fourth-order valence-corrected chi connectivity index (χ4v) is 6.48. The quantitative estimate of drug-likeness (QED) is 0.203. The van der Waals surface area contributed by atoms with Gasteiger partial charge in [-0.15, -0.1) is 0 Å². The first-order chi connectivity index (χ1) is 20.3. The number of aliphatic hydroxyl groups is 1. The smallest absolute Gasteiger partial charge is 0.300 e. The zero-order chi connectivity index (χ0) is 29.3. The van der Waals surface area contributed by atoms with Gasteiger partial charge in [0, 0.05) is 28.1 Å². The van der Waals surface area contributed by atoms with Crippen molar-refractivity contribution in [3.05, 3.63) is 142 Å². The van der Waals surface area contributed by atoms with Gasteiger partial charge in [0.15, 0.2) is 11.3 Å². The first-order valence-corrected chi connectivity index (χ1v) is 13.5. The number of ketones is 2. The zero-order valence-corrected chi connectivity index (χ0v) is 22.8. The summed E-state index contributed by atoms with van der Waals surface area (Å²) < 4.78 is 0. The summed E-state index contributed by atoms with van der Waals surface area (Å²) in [6.07, 6.45) is 0. The molecule has 4 aromatic carbocycles. The summed E-state index contributed by atoms with van der Waals surface area (Å²) in [6.45, 7) is 3.67. The van der Waals surface area contributed by atoms with Gasteiger partial charge >= 0.3 is 5.91 Å². The lowest BCUT2D eigenvalue weighted by atomic mass is 9.79. The molecule has 4 aromatic rings. The number of fused-ring (bicyclic) bond motifs is 3. The summed E-state index contributed by atoms with van der Waals surface area (Å²) in [4.78, 5) is 60.1. The number of aliphatic hydroxyl groups excluding tert-OH is 1. The van der Waals surface area contributed by atoms with E-state index < -0.39 is 40.3 Å². The lowest BCUT2D eigenvalue weighted by molar-refractivity contribution is -0.132. The van der Waals surface area contributed by atoms with Gasteiger partial charge in [-0.25, -0.2) is 0 Å². The molecule has 3 aliphatic rings.